The SMILES string of the molecule is CCC(C)N(Cc1cc(NC(=O)c2cccc(F)c2)ccc1N(C)C)C(=O)c1ccc(F)cc1. The summed E-state index contributed by atoms with van der Waals surface area (Å²) in [6.07, 6.45) is 0.736. The van der Waals surface area contributed by atoms with Crippen LogP contribution in [0.3, 0.4) is 0 Å². The number of halogens is 2. The molecule has 1 N–H and O–H groups in total. The molecule has 178 valence electrons. The Morgan fingerprint density at radius 1 is 0.912 bits per heavy atom. The second-order valence-electron chi connectivity index (χ2n) is 8.40. The summed E-state index contributed by atoms with van der Waals surface area (Å²) in [5.41, 5.74) is 2.88. The zero-order valence-corrected chi connectivity index (χ0v) is 19.8. The minimum atomic E-state index is -0.486. The van der Waals surface area contributed by atoms with Gasteiger partial charge in [0, 0.05) is 49.2 Å². The molecule has 7 heteroatoms. The lowest BCUT2D eigenvalue weighted by molar-refractivity contribution is 0.0671. The third-order valence-corrected chi connectivity index (χ3v) is 5.72. The van der Waals surface area contributed by atoms with Gasteiger partial charge in [-0.1, -0.05) is 13.0 Å². The summed E-state index contributed by atoms with van der Waals surface area (Å²) < 4.78 is 26.9. The highest BCUT2D eigenvalue weighted by molar-refractivity contribution is 6.04. The second-order valence-corrected chi connectivity index (χ2v) is 8.40. The van der Waals surface area contributed by atoms with Crippen LogP contribution in [0.15, 0.2) is 66.7 Å². The van der Waals surface area contributed by atoms with Gasteiger partial charge in [-0.2, -0.15) is 0 Å². The fourth-order valence-corrected chi connectivity index (χ4v) is 3.65. The van der Waals surface area contributed by atoms with E-state index >= 15 is 0 Å². The van der Waals surface area contributed by atoms with Gasteiger partial charge in [0.05, 0.1) is 0 Å². The number of nitrogens with zero attached hydrogens (tertiary/aromatic N) is 2. The van der Waals surface area contributed by atoms with E-state index in [0.717, 1.165) is 17.7 Å². The molecule has 0 aromatic heterocycles. The van der Waals surface area contributed by atoms with Crippen LogP contribution in [0, 0.1) is 11.6 Å². The standard InChI is InChI=1S/C27H29F2N3O2/c1-5-18(2)32(27(34)19-9-11-22(28)12-10-19)17-21-16-24(13-14-25(21)31(3)4)30-26(33)20-7-6-8-23(29)15-20/h6-16,18H,5,17H2,1-4H3,(H,30,33). The third-order valence-electron chi connectivity index (χ3n) is 5.72. The lowest BCUT2D eigenvalue weighted by Crippen LogP contribution is -2.38. The quantitative estimate of drug-likeness (QED) is 0.463. The van der Waals surface area contributed by atoms with Crippen molar-refractivity contribution in [3.8, 4) is 0 Å². The minimum absolute atomic E-state index is 0.0712. The van der Waals surface area contributed by atoms with Gasteiger partial charge in [-0.3, -0.25) is 9.59 Å². The molecule has 0 aliphatic rings. The number of anilines is 2. The molecule has 3 aromatic rings. The molecule has 34 heavy (non-hydrogen) atoms. The number of carbonyl (C=O) groups is 2. The van der Waals surface area contributed by atoms with Crippen molar-refractivity contribution in [2.75, 3.05) is 24.3 Å². The average Bonchev–Trinajstić information content (AvgIpc) is 2.82. The maximum Gasteiger partial charge on any atom is 0.255 e. The number of hydrogen-bond acceptors (Lipinski definition) is 3. The number of nitrogens with one attached hydrogen (secondary N) is 1. The van der Waals surface area contributed by atoms with Crippen LogP contribution >= 0.6 is 0 Å². The second kappa shape index (κ2) is 10.9. The van der Waals surface area contributed by atoms with E-state index in [9.17, 15) is 18.4 Å². The lowest BCUT2D eigenvalue weighted by atomic mass is 10.1. The first-order valence-corrected chi connectivity index (χ1v) is 11.1. The molecule has 1 unspecified atom stereocenters. The summed E-state index contributed by atoms with van der Waals surface area (Å²) in [4.78, 5) is 29.6. The predicted molar refractivity (Wildman–Crippen MR) is 131 cm³/mol. The van der Waals surface area contributed by atoms with Crippen LogP contribution in [0.5, 0.6) is 0 Å². The van der Waals surface area contributed by atoms with Gasteiger partial charge in [0.2, 0.25) is 0 Å². The average molecular weight is 466 g/mol. The molecule has 0 aliphatic heterocycles. The molecule has 2 amide bonds. The van der Waals surface area contributed by atoms with Crippen molar-refractivity contribution < 1.29 is 18.4 Å². The third kappa shape index (κ3) is 5.98. The van der Waals surface area contributed by atoms with Gasteiger partial charge in [0.15, 0.2) is 0 Å². The van der Waals surface area contributed by atoms with Crippen molar-refractivity contribution in [2.24, 2.45) is 0 Å². The first-order chi connectivity index (χ1) is 16.2. The lowest BCUT2D eigenvalue weighted by Gasteiger charge is -2.31. The van der Waals surface area contributed by atoms with Gasteiger partial charge in [-0.05, 0) is 79.6 Å². The van der Waals surface area contributed by atoms with Crippen molar-refractivity contribution in [3.05, 3.63) is 95.1 Å². The molecular formula is C27H29F2N3O2. The summed E-state index contributed by atoms with van der Waals surface area (Å²) in [5.74, 6) is -1.51. The van der Waals surface area contributed by atoms with Gasteiger partial charge in [-0.15, -0.1) is 0 Å². The zero-order chi connectivity index (χ0) is 24.8. The van der Waals surface area contributed by atoms with Gasteiger partial charge in [0.1, 0.15) is 11.6 Å². The van der Waals surface area contributed by atoms with E-state index in [1.54, 1.807) is 17.0 Å². The van der Waals surface area contributed by atoms with Gasteiger partial charge in [0.25, 0.3) is 11.8 Å². The first-order valence-electron chi connectivity index (χ1n) is 11.1. The molecule has 1 atom stereocenters. The van der Waals surface area contributed by atoms with Crippen LogP contribution in [-0.2, 0) is 6.54 Å². The van der Waals surface area contributed by atoms with Crippen molar-refractivity contribution in [2.45, 2.75) is 32.9 Å². The topological polar surface area (TPSA) is 52.7 Å². The Kier molecular flexibility index (Phi) is 7.99. The molecule has 3 aromatic carbocycles. The van der Waals surface area contributed by atoms with Gasteiger partial charge in [-0.25, -0.2) is 8.78 Å². The largest absolute Gasteiger partial charge is 0.377 e. The fraction of sp³-hybridized carbons (Fsp3) is 0.259. The predicted octanol–water partition coefficient (Wildman–Crippen LogP) is 5.72. The van der Waals surface area contributed by atoms with E-state index in [0.29, 0.717) is 17.8 Å². The van der Waals surface area contributed by atoms with Gasteiger partial charge >= 0.3 is 0 Å². The number of carbonyl (C=O) groups excluding carboxylic acids is 2. The van der Waals surface area contributed by atoms with Gasteiger partial charge < -0.3 is 15.1 Å². The van der Waals surface area contributed by atoms with E-state index in [1.165, 1.54) is 42.5 Å². The molecule has 0 spiro atoms. The maximum absolute atomic E-state index is 13.5. The maximum atomic E-state index is 13.5. The highest BCUT2D eigenvalue weighted by atomic mass is 19.1. The summed E-state index contributed by atoms with van der Waals surface area (Å²) in [6.45, 7) is 4.26. The fourth-order valence-electron chi connectivity index (χ4n) is 3.65. The molecule has 0 saturated carbocycles. The highest BCUT2D eigenvalue weighted by Gasteiger charge is 2.23. The number of rotatable bonds is 8. The monoisotopic (exact) mass is 465 g/mol. The van der Waals surface area contributed by atoms with Crippen LogP contribution in [0.4, 0.5) is 20.2 Å². The van der Waals surface area contributed by atoms with Crippen molar-refractivity contribution in [1.29, 1.82) is 0 Å². The van der Waals surface area contributed by atoms with E-state index in [1.807, 2.05) is 45.0 Å². The molecular weight excluding hydrogens is 436 g/mol. The molecule has 0 aliphatic carbocycles. The first kappa shape index (κ1) is 24.9. The Hall–Kier alpha value is -3.74. The molecule has 3 rings (SSSR count). The van der Waals surface area contributed by atoms with Crippen LogP contribution in [0.1, 0.15) is 46.5 Å². The molecule has 0 bridgehead atoms. The normalized spacial score (nSPS) is 11.6. The van der Waals surface area contributed by atoms with Crippen molar-refractivity contribution in [1.82, 2.24) is 4.90 Å². The van der Waals surface area contributed by atoms with Crippen LogP contribution in [0.25, 0.3) is 0 Å². The molecule has 0 radical (unpaired) electrons. The Balaban J connectivity index is 1.92. The van der Waals surface area contributed by atoms with Crippen molar-refractivity contribution in [3.63, 3.8) is 0 Å². The summed E-state index contributed by atoms with van der Waals surface area (Å²) >= 11 is 0. The molecule has 0 saturated heterocycles. The Bertz CT molecular complexity index is 1160. The Labute approximate surface area is 199 Å². The van der Waals surface area contributed by atoms with Crippen LogP contribution < -0.4 is 10.2 Å². The minimum Gasteiger partial charge on any atom is -0.377 e. The summed E-state index contributed by atoms with van der Waals surface area (Å²) in [7, 11) is 3.80. The van der Waals surface area contributed by atoms with E-state index in [-0.39, 0.29) is 17.5 Å². The number of hydrogen-bond donors (Lipinski definition) is 1. The summed E-state index contributed by atoms with van der Waals surface area (Å²) in [6, 6.07) is 16.4. The smallest absolute Gasteiger partial charge is 0.255 e. The van der Waals surface area contributed by atoms with E-state index in [4.69, 9.17) is 0 Å². The molecule has 0 fully saturated rings. The number of benzene rings is 3. The van der Waals surface area contributed by atoms with E-state index < -0.39 is 17.5 Å². The molecule has 0 heterocycles. The summed E-state index contributed by atoms with van der Waals surface area (Å²) in [5, 5.41) is 2.81. The Morgan fingerprint density at radius 2 is 1.62 bits per heavy atom. The van der Waals surface area contributed by atoms with E-state index in [2.05, 4.69) is 5.32 Å². The van der Waals surface area contributed by atoms with Crippen LogP contribution in [0.2, 0.25) is 0 Å². The Morgan fingerprint density at radius 3 is 2.24 bits per heavy atom. The number of amides is 2. The molecule has 5 nitrogen and oxygen atoms in total. The highest BCUT2D eigenvalue weighted by Crippen LogP contribution is 2.27. The van der Waals surface area contributed by atoms with Crippen molar-refractivity contribution >= 4 is 23.2 Å². The van der Waals surface area contributed by atoms with Crippen LogP contribution in [-0.4, -0.2) is 36.9 Å². The zero-order valence-electron chi connectivity index (χ0n) is 19.8.